The van der Waals surface area contributed by atoms with Gasteiger partial charge in [-0.3, -0.25) is 4.79 Å². The normalized spacial score (nSPS) is 13.6. The highest BCUT2D eigenvalue weighted by atomic mass is 32.2. The van der Waals surface area contributed by atoms with Gasteiger partial charge in [0.1, 0.15) is 19.0 Å². The zero-order chi connectivity index (χ0) is 20.9. The van der Waals surface area contributed by atoms with Crippen molar-refractivity contribution in [3.05, 3.63) is 59.7 Å². The number of thioether (sulfide) groups is 1. The van der Waals surface area contributed by atoms with Gasteiger partial charge in [-0.05, 0) is 36.4 Å². The van der Waals surface area contributed by atoms with Gasteiger partial charge in [0.05, 0.1) is 10.2 Å². The lowest BCUT2D eigenvalue weighted by Crippen LogP contribution is -2.17. The van der Waals surface area contributed by atoms with Crippen LogP contribution in [-0.4, -0.2) is 29.4 Å². The number of amides is 1. The van der Waals surface area contributed by atoms with Crippen LogP contribution in [0.3, 0.4) is 0 Å². The first kappa shape index (κ1) is 20.7. The molecule has 1 amide bonds. The average Bonchev–Trinajstić information content (AvgIpc) is 3.07. The number of rotatable bonds is 7. The Hall–Kier alpha value is -2.58. The molecule has 0 spiro atoms. The topological polar surface area (TPSA) is 52.8 Å². The Kier molecular flexibility index (Phi) is 6.54. The number of allylic oxidation sites excluding steroid dienone is 1. The smallest absolute Gasteiger partial charge is 0.248 e. The third-order valence-electron chi connectivity index (χ3n) is 4.50. The maximum absolute atomic E-state index is 13.0. The molecule has 30 heavy (non-hydrogen) atoms. The Bertz CT molecular complexity index is 1140. The summed E-state index contributed by atoms with van der Waals surface area (Å²) in [6.07, 6.45) is 2.84. The molecule has 5 nitrogen and oxygen atoms in total. The van der Waals surface area contributed by atoms with E-state index < -0.39 is 0 Å². The van der Waals surface area contributed by atoms with Gasteiger partial charge in [-0.25, -0.2) is 4.39 Å². The fourth-order valence-electron chi connectivity index (χ4n) is 3.10. The minimum absolute atomic E-state index is 0.156. The molecule has 0 aliphatic carbocycles. The predicted octanol–water partition coefficient (Wildman–Crippen LogP) is 4.80. The number of ether oxygens (including phenoxy) is 2. The molecule has 8 heteroatoms. The van der Waals surface area contributed by atoms with Gasteiger partial charge in [0, 0.05) is 30.0 Å². The summed E-state index contributed by atoms with van der Waals surface area (Å²) in [6.45, 7) is 5.42. The average molecular weight is 445 g/mol. The van der Waals surface area contributed by atoms with E-state index >= 15 is 0 Å². The molecule has 0 fully saturated rings. The summed E-state index contributed by atoms with van der Waals surface area (Å²) in [7, 11) is 0. The number of thiazole rings is 1. The molecule has 0 saturated heterocycles. The summed E-state index contributed by atoms with van der Waals surface area (Å²) >= 11 is 3.06. The van der Waals surface area contributed by atoms with Crippen molar-refractivity contribution in [3.8, 4) is 11.5 Å². The van der Waals surface area contributed by atoms with Crippen LogP contribution in [0.5, 0.6) is 11.5 Å². The number of fused-ring (bicyclic) bond motifs is 2. The fraction of sp³-hybridized carbons (Fsp3) is 0.273. The van der Waals surface area contributed by atoms with E-state index in [1.807, 2.05) is 16.7 Å². The maximum atomic E-state index is 13.0. The van der Waals surface area contributed by atoms with Crippen LogP contribution in [0.2, 0.25) is 0 Å². The van der Waals surface area contributed by atoms with Crippen molar-refractivity contribution >= 4 is 39.2 Å². The lowest BCUT2D eigenvalue weighted by atomic mass is 10.2. The quantitative estimate of drug-likeness (QED) is 0.298. The molecule has 0 saturated carbocycles. The Morgan fingerprint density at radius 3 is 2.70 bits per heavy atom. The summed E-state index contributed by atoms with van der Waals surface area (Å²) in [5.74, 6) is 1.80. The molecule has 0 bridgehead atoms. The van der Waals surface area contributed by atoms with E-state index in [1.165, 1.54) is 23.5 Å². The van der Waals surface area contributed by atoms with E-state index in [2.05, 4.69) is 11.6 Å². The number of halogens is 1. The van der Waals surface area contributed by atoms with Gasteiger partial charge in [-0.2, -0.15) is 4.99 Å². The summed E-state index contributed by atoms with van der Waals surface area (Å²) in [5.41, 5.74) is 0.947. The second-order valence-corrected chi connectivity index (χ2v) is 8.84. The van der Waals surface area contributed by atoms with Crippen molar-refractivity contribution in [2.24, 2.45) is 4.99 Å². The molecule has 2 aromatic carbocycles. The molecule has 0 atom stereocenters. The van der Waals surface area contributed by atoms with E-state index in [0.29, 0.717) is 43.2 Å². The monoisotopic (exact) mass is 444 g/mol. The fourth-order valence-corrected chi connectivity index (χ4v) is 5.02. The van der Waals surface area contributed by atoms with E-state index in [1.54, 1.807) is 30.0 Å². The third-order valence-corrected chi connectivity index (χ3v) is 6.64. The Balaban J connectivity index is 1.47. The summed E-state index contributed by atoms with van der Waals surface area (Å²) in [4.78, 5) is 18.4. The second-order valence-electron chi connectivity index (χ2n) is 6.66. The minimum atomic E-state index is -0.247. The Morgan fingerprint density at radius 2 is 1.97 bits per heavy atom. The molecule has 0 unspecified atom stereocenters. The first-order valence-electron chi connectivity index (χ1n) is 9.64. The molecule has 1 aliphatic heterocycles. The van der Waals surface area contributed by atoms with E-state index in [9.17, 15) is 9.18 Å². The van der Waals surface area contributed by atoms with Crippen molar-refractivity contribution in [3.63, 3.8) is 0 Å². The van der Waals surface area contributed by atoms with Crippen LogP contribution in [0.25, 0.3) is 10.2 Å². The third kappa shape index (κ3) is 4.76. The largest absolute Gasteiger partial charge is 0.486 e. The van der Waals surface area contributed by atoms with Gasteiger partial charge in [0.2, 0.25) is 5.91 Å². The summed E-state index contributed by atoms with van der Waals surface area (Å²) in [5, 5.41) is 0. The zero-order valence-corrected chi connectivity index (χ0v) is 17.9. The second kappa shape index (κ2) is 9.49. The molecule has 0 radical (unpaired) electrons. The van der Waals surface area contributed by atoms with Gasteiger partial charge < -0.3 is 14.0 Å². The molecule has 1 aromatic heterocycles. The van der Waals surface area contributed by atoms with Crippen LogP contribution in [0.15, 0.2) is 58.9 Å². The standard InChI is InChI=1S/C22H21FN2O3S2/c1-2-9-25-17-13-18-19(28-11-10-27-18)14-20(17)30-22(25)24-21(26)4-3-12-29-16-7-5-15(23)6-8-16/h2,5-8,13-14H,1,3-4,9-12H2. The number of benzene rings is 2. The van der Waals surface area contributed by atoms with Crippen molar-refractivity contribution in [1.82, 2.24) is 4.57 Å². The van der Waals surface area contributed by atoms with Gasteiger partial charge in [-0.15, -0.1) is 18.3 Å². The maximum Gasteiger partial charge on any atom is 0.248 e. The van der Waals surface area contributed by atoms with Crippen LogP contribution in [0.1, 0.15) is 12.8 Å². The number of aromatic nitrogens is 1. The molecule has 2 heterocycles. The van der Waals surface area contributed by atoms with E-state index in [-0.39, 0.29) is 11.7 Å². The lowest BCUT2D eigenvalue weighted by molar-refractivity contribution is -0.118. The lowest BCUT2D eigenvalue weighted by Gasteiger charge is -2.18. The first-order valence-corrected chi connectivity index (χ1v) is 11.4. The van der Waals surface area contributed by atoms with Gasteiger partial charge in [0.15, 0.2) is 16.3 Å². The molecular weight excluding hydrogens is 423 g/mol. The van der Waals surface area contributed by atoms with Gasteiger partial charge in [-0.1, -0.05) is 17.4 Å². The van der Waals surface area contributed by atoms with Crippen molar-refractivity contribution in [2.45, 2.75) is 24.3 Å². The highest BCUT2D eigenvalue weighted by Gasteiger charge is 2.16. The van der Waals surface area contributed by atoms with Crippen LogP contribution in [0, 0.1) is 5.82 Å². The summed E-state index contributed by atoms with van der Waals surface area (Å²) < 4.78 is 27.3. The molecule has 0 N–H and O–H groups in total. The molecular formula is C22H21FN2O3S2. The molecule has 1 aliphatic rings. The molecule has 4 rings (SSSR count). The van der Waals surface area contributed by atoms with Crippen LogP contribution in [0.4, 0.5) is 4.39 Å². The summed E-state index contributed by atoms with van der Waals surface area (Å²) in [6, 6.07) is 10.2. The van der Waals surface area contributed by atoms with Crippen molar-refractivity contribution < 1.29 is 18.7 Å². The Morgan fingerprint density at radius 1 is 1.23 bits per heavy atom. The van der Waals surface area contributed by atoms with Crippen molar-refractivity contribution in [2.75, 3.05) is 19.0 Å². The Labute approximate surface area is 181 Å². The van der Waals surface area contributed by atoms with E-state index in [4.69, 9.17) is 9.47 Å². The number of hydrogen-bond donors (Lipinski definition) is 0. The minimum Gasteiger partial charge on any atom is -0.486 e. The number of carbonyl (C=O) groups excluding carboxylic acids is 1. The number of carbonyl (C=O) groups is 1. The van der Waals surface area contributed by atoms with E-state index in [0.717, 1.165) is 26.6 Å². The zero-order valence-electron chi connectivity index (χ0n) is 16.3. The van der Waals surface area contributed by atoms with Crippen LogP contribution >= 0.6 is 23.1 Å². The molecule has 156 valence electrons. The highest BCUT2D eigenvalue weighted by molar-refractivity contribution is 7.99. The van der Waals surface area contributed by atoms with Crippen molar-refractivity contribution in [1.29, 1.82) is 0 Å². The SMILES string of the molecule is C=CCn1c(=NC(=O)CCCSc2ccc(F)cc2)sc2cc3c(cc21)OCCO3. The number of nitrogens with zero attached hydrogens (tertiary/aromatic N) is 2. The van der Waals surface area contributed by atoms with Crippen LogP contribution in [-0.2, 0) is 11.3 Å². The number of hydrogen-bond acceptors (Lipinski definition) is 5. The first-order chi connectivity index (χ1) is 14.6. The van der Waals surface area contributed by atoms with Crippen LogP contribution < -0.4 is 14.3 Å². The highest BCUT2D eigenvalue weighted by Crippen LogP contribution is 2.35. The van der Waals surface area contributed by atoms with Gasteiger partial charge >= 0.3 is 0 Å². The predicted molar refractivity (Wildman–Crippen MR) is 118 cm³/mol. The van der Waals surface area contributed by atoms with Gasteiger partial charge in [0.25, 0.3) is 0 Å². The molecule has 3 aromatic rings.